The maximum Gasteiger partial charge on any atom is 0.191 e. The molecule has 2 N–H and O–H groups in total. The summed E-state index contributed by atoms with van der Waals surface area (Å²) in [5, 5.41) is 6.70. The number of aliphatic imine (C=N–C) groups is 1. The molecule has 0 radical (unpaired) electrons. The van der Waals surface area contributed by atoms with E-state index in [1.807, 2.05) is 22.9 Å². The van der Waals surface area contributed by atoms with Gasteiger partial charge in [-0.1, -0.05) is 39.0 Å². The molecule has 1 atom stereocenters. The molecule has 2 aromatic rings. The van der Waals surface area contributed by atoms with E-state index >= 15 is 0 Å². The lowest BCUT2D eigenvalue weighted by Crippen LogP contribution is -2.45. The van der Waals surface area contributed by atoms with Gasteiger partial charge in [0.1, 0.15) is 0 Å². The van der Waals surface area contributed by atoms with Crippen LogP contribution in [0.5, 0.6) is 0 Å². The number of nitrogens with zero attached hydrogens (tertiary/aromatic N) is 3. The fourth-order valence-corrected chi connectivity index (χ4v) is 2.74. The Morgan fingerprint density at radius 1 is 1.27 bits per heavy atom. The quantitative estimate of drug-likeness (QED) is 0.591. The smallest absolute Gasteiger partial charge is 0.191 e. The summed E-state index contributed by atoms with van der Waals surface area (Å²) in [5.41, 5.74) is 2.29. The summed E-state index contributed by atoms with van der Waals surface area (Å²) in [4.78, 5) is 8.88. The van der Waals surface area contributed by atoms with Gasteiger partial charge in [0.05, 0.1) is 24.7 Å². The Labute approximate surface area is 156 Å². The summed E-state index contributed by atoms with van der Waals surface area (Å²) in [6, 6.07) is 8.23. The SMILES string of the molecule is CCNC(=NCc1ccccc1-n1ccnc1)NCC(OC)C(C)(C)C. The number of nitrogens with one attached hydrogen (secondary N) is 2. The van der Waals surface area contributed by atoms with Gasteiger partial charge in [0, 0.05) is 32.6 Å². The van der Waals surface area contributed by atoms with Gasteiger partial charge in [0.25, 0.3) is 0 Å². The van der Waals surface area contributed by atoms with Crippen LogP contribution in [0, 0.1) is 5.41 Å². The molecule has 6 nitrogen and oxygen atoms in total. The van der Waals surface area contributed by atoms with E-state index in [1.54, 1.807) is 19.6 Å². The van der Waals surface area contributed by atoms with E-state index in [2.05, 4.69) is 55.4 Å². The molecule has 142 valence electrons. The zero-order valence-corrected chi connectivity index (χ0v) is 16.5. The van der Waals surface area contributed by atoms with Crippen molar-refractivity contribution in [2.24, 2.45) is 10.4 Å². The van der Waals surface area contributed by atoms with Crippen LogP contribution in [0.1, 0.15) is 33.3 Å². The second-order valence-corrected chi connectivity index (χ2v) is 7.27. The highest BCUT2D eigenvalue weighted by molar-refractivity contribution is 5.79. The molecule has 1 unspecified atom stereocenters. The number of hydrogen-bond acceptors (Lipinski definition) is 3. The van der Waals surface area contributed by atoms with Gasteiger partial charge in [-0.3, -0.25) is 0 Å². The van der Waals surface area contributed by atoms with Crippen LogP contribution in [0.4, 0.5) is 0 Å². The van der Waals surface area contributed by atoms with Crippen molar-refractivity contribution in [3.05, 3.63) is 48.5 Å². The normalized spacial score (nSPS) is 13.5. The Kier molecular flexibility index (Phi) is 7.21. The van der Waals surface area contributed by atoms with Crippen LogP contribution in [0.25, 0.3) is 5.69 Å². The van der Waals surface area contributed by atoms with Crippen LogP contribution < -0.4 is 10.6 Å². The lowest BCUT2D eigenvalue weighted by Gasteiger charge is -2.30. The number of imidazole rings is 1. The molecular weight excluding hydrogens is 326 g/mol. The first-order valence-corrected chi connectivity index (χ1v) is 9.07. The van der Waals surface area contributed by atoms with Gasteiger partial charge < -0.3 is 19.9 Å². The minimum absolute atomic E-state index is 0.0626. The molecule has 6 heteroatoms. The van der Waals surface area contributed by atoms with E-state index in [4.69, 9.17) is 9.73 Å². The molecule has 0 fully saturated rings. The lowest BCUT2D eigenvalue weighted by molar-refractivity contribution is 0.0205. The van der Waals surface area contributed by atoms with E-state index in [0.717, 1.165) is 23.8 Å². The zero-order chi connectivity index (χ0) is 19.0. The van der Waals surface area contributed by atoms with Crippen LogP contribution >= 0.6 is 0 Å². The van der Waals surface area contributed by atoms with Crippen molar-refractivity contribution in [1.29, 1.82) is 0 Å². The van der Waals surface area contributed by atoms with Crippen LogP contribution in [0.2, 0.25) is 0 Å². The van der Waals surface area contributed by atoms with E-state index in [9.17, 15) is 0 Å². The minimum atomic E-state index is 0.0626. The van der Waals surface area contributed by atoms with Gasteiger partial charge in [-0.15, -0.1) is 0 Å². The summed E-state index contributed by atoms with van der Waals surface area (Å²) < 4.78 is 7.62. The Bertz CT molecular complexity index is 688. The molecule has 1 aromatic heterocycles. The lowest BCUT2D eigenvalue weighted by atomic mass is 9.89. The van der Waals surface area contributed by atoms with Gasteiger partial charge in [-0.05, 0) is 24.0 Å². The largest absolute Gasteiger partial charge is 0.379 e. The molecule has 2 rings (SSSR count). The Morgan fingerprint density at radius 3 is 2.65 bits per heavy atom. The Morgan fingerprint density at radius 2 is 2.04 bits per heavy atom. The van der Waals surface area contributed by atoms with Crippen LogP contribution in [0.3, 0.4) is 0 Å². The van der Waals surface area contributed by atoms with Crippen molar-refractivity contribution >= 4 is 5.96 Å². The monoisotopic (exact) mass is 357 g/mol. The Balaban J connectivity index is 2.10. The van der Waals surface area contributed by atoms with Crippen molar-refractivity contribution in [2.75, 3.05) is 20.2 Å². The first-order chi connectivity index (χ1) is 12.5. The highest BCUT2D eigenvalue weighted by Gasteiger charge is 2.24. The van der Waals surface area contributed by atoms with E-state index < -0.39 is 0 Å². The number of methoxy groups -OCH3 is 1. The number of hydrogen-bond donors (Lipinski definition) is 2. The molecule has 0 saturated heterocycles. The predicted molar refractivity (Wildman–Crippen MR) is 107 cm³/mol. The first-order valence-electron chi connectivity index (χ1n) is 9.07. The van der Waals surface area contributed by atoms with Crippen molar-refractivity contribution in [1.82, 2.24) is 20.2 Å². The molecule has 0 aliphatic carbocycles. The number of benzene rings is 1. The second-order valence-electron chi connectivity index (χ2n) is 7.27. The fraction of sp³-hybridized carbons (Fsp3) is 0.500. The van der Waals surface area contributed by atoms with E-state index in [-0.39, 0.29) is 11.5 Å². The molecule has 0 saturated carbocycles. The molecule has 26 heavy (non-hydrogen) atoms. The average molecular weight is 358 g/mol. The summed E-state index contributed by atoms with van der Waals surface area (Å²) in [5.74, 6) is 0.791. The zero-order valence-electron chi connectivity index (χ0n) is 16.5. The van der Waals surface area contributed by atoms with Crippen molar-refractivity contribution in [3.63, 3.8) is 0 Å². The maximum absolute atomic E-state index is 5.62. The Hall–Kier alpha value is -2.34. The number of aromatic nitrogens is 2. The number of guanidine groups is 1. The number of ether oxygens (including phenoxy) is 1. The number of rotatable bonds is 7. The molecule has 1 heterocycles. The fourth-order valence-electron chi connectivity index (χ4n) is 2.74. The average Bonchev–Trinajstić information content (AvgIpc) is 3.13. The van der Waals surface area contributed by atoms with E-state index in [0.29, 0.717) is 13.1 Å². The maximum atomic E-state index is 5.62. The standard InChI is InChI=1S/C20H31N5O/c1-6-22-19(24-14-18(26-5)20(2,3)4)23-13-16-9-7-8-10-17(16)25-12-11-21-15-25/h7-12,15,18H,6,13-14H2,1-5H3,(H2,22,23,24). The van der Waals surface area contributed by atoms with Gasteiger partial charge >= 0.3 is 0 Å². The molecule has 0 aliphatic heterocycles. The summed E-state index contributed by atoms with van der Waals surface area (Å²) in [7, 11) is 1.75. The molecule has 0 bridgehead atoms. The molecule has 0 amide bonds. The minimum Gasteiger partial charge on any atom is -0.379 e. The third kappa shape index (κ3) is 5.59. The third-order valence-electron chi connectivity index (χ3n) is 4.23. The highest BCUT2D eigenvalue weighted by Crippen LogP contribution is 2.21. The van der Waals surface area contributed by atoms with Gasteiger partial charge in [-0.2, -0.15) is 0 Å². The predicted octanol–water partition coefficient (Wildman–Crippen LogP) is 2.99. The number of para-hydroxylation sites is 1. The van der Waals surface area contributed by atoms with E-state index in [1.165, 1.54) is 0 Å². The van der Waals surface area contributed by atoms with Crippen LogP contribution in [-0.4, -0.2) is 41.8 Å². The first kappa shape index (κ1) is 20.0. The van der Waals surface area contributed by atoms with Crippen LogP contribution in [0.15, 0.2) is 48.0 Å². The van der Waals surface area contributed by atoms with Crippen molar-refractivity contribution in [3.8, 4) is 5.69 Å². The van der Waals surface area contributed by atoms with Crippen molar-refractivity contribution < 1.29 is 4.74 Å². The molecule has 1 aromatic carbocycles. The topological polar surface area (TPSA) is 63.5 Å². The van der Waals surface area contributed by atoms with Gasteiger partial charge in [0.15, 0.2) is 5.96 Å². The second kappa shape index (κ2) is 9.38. The summed E-state index contributed by atoms with van der Waals surface area (Å²) >= 11 is 0. The molecular formula is C20H31N5O. The van der Waals surface area contributed by atoms with Crippen molar-refractivity contribution in [2.45, 2.75) is 40.3 Å². The summed E-state index contributed by atoms with van der Waals surface area (Å²) in [6.45, 7) is 10.7. The van der Waals surface area contributed by atoms with Gasteiger partial charge in [0.2, 0.25) is 0 Å². The third-order valence-corrected chi connectivity index (χ3v) is 4.23. The molecule has 0 spiro atoms. The highest BCUT2D eigenvalue weighted by atomic mass is 16.5. The molecule has 0 aliphatic rings. The summed E-state index contributed by atoms with van der Waals surface area (Å²) in [6.07, 6.45) is 5.63. The van der Waals surface area contributed by atoms with Gasteiger partial charge in [-0.25, -0.2) is 9.98 Å². The van der Waals surface area contributed by atoms with Crippen LogP contribution in [-0.2, 0) is 11.3 Å².